The minimum Gasteiger partial charge on any atom is -0.495 e. The van der Waals surface area contributed by atoms with Gasteiger partial charge in [-0.1, -0.05) is 46.9 Å². The summed E-state index contributed by atoms with van der Waals surface area (Å²) in [4.78, 5) is 1.95. The van der Waals surface area contributed by atoms with Crippen molar-refractivity contribution >= 4 is 51.0 Å². The van der Waals surface area contributed by atoms with Gasteiger partial charge in [-0.15, -0.1) is 0 Å². The Bertz CT molecular complexity index is 854. The van der Waals surface area contributed by atoms with E-state index in [0.29, 0.717) is 10.6 Å². The molecule has 0 amide bonds. The highest BCUT2D eigenvalue weighted by atomic mass is 35.5. The van der Waals surface area contributed by atoms with E-state index in [9.17, 15) is 8.42 Å². The van der Waals surface area contributed by atoms with E-state index in [2.05, 4.69) is 9.93 Å². The highest BCUT2D eigenvalue weighted by molar-refractivity contribution is 7.89. The van der Waals surface area contributed by atoms with Crippen LogP contribution in [0, 0.1) is 0 Å². The average Bonchev–Trinajstić information content (AvgIpc) is 2.51. The van der Waals surface area contributed by atoms with E-state index in [1.165, 1.54) is 31.5 Å². The lowest BCUT2D eigenvalue weighted by molar-refractivity contribution is 0.402. The van der Waals surface area contributed by atoms with Gasteiger partial charge in [0.15, 0.2) is 0 Å². The fourth-order valence-corrected chi connectivity index (χ4v) is 3.28. The number of benzene rings is 2. The molecule has 0 saturated heterocycles. The molecule has 0 spiro atoms. The van der Waals surface area contributed by atoms with E-state index >= 15 is 0 Å². The van der Waals surface area contributed by atoms with E-state index in [1.807, 2.05) is 0 Å². The maximum atomic E-state index is 12.3. The van der Waals surface area contributed by atoms with Crippen molar-refractivity contribution in [2.24, 2.45) is 5.10 Å². The van der Waals surface area contributed by atoms with Gasteiger partial charge in [-0.25, -0.2) is 0 Å². The van der Waals surface area contributed by atoms with E-state index in [-0.39, 0.29) is 20.7 Å². The number of methoxy groups -OCH3 is 1. The topological polar surface area (TPSA) is 67.8 Å². The molecule has 0 atom stereocenters. The van der Waals surface area contributed by atoms with Crippen molar-refractivity contribution in [3.63, 3.8) is 0 Å². The Kier molecular flexibility index (Phi) is 5.75. The van der Waals surface area contributed by atoms with Crippen LogP contribution in [0.3, 0.4) is 0 Å². The molecule has 122 valence electrons. The second-order valence-electron chi connectivity index (χ2n) is 4.29. The maximum absolute atomic E-state index is 12.3. The predicted molar refractivity (Wildman–Crippen MR) is 92.4 cm³/mol. The molecule has 0 saturated carbocycles. The van der Waals surface area contributed by atoms with Gasteiger partial charge in [-0.3, -0.25) is 0 Å². The highest BCUT2D eigenvalue weighted by Gasteiger charge is 2.19. The Morgan fingerprint density at radius 2 is 1.91 bits per heavy atom. The summed E-state index contributed by atoms with van der Waals surface area (Å²) in [6.07, 6.45) is 1.25. The molecule has 0 bridgehead atoms. The number of ether oxygens (including phenoxy) is 1. The van der Waals surface area contributed by atoms with Gasteiger partial charge in [0.25, 0.3) is 10.0 Å². The standard InChI is InChI=1S/C14H11Cl3N2O3S/c1-22-12-6-5-10(15)7-13(12)23(20,21)19-18-8-9-3-2-4-11(16)14(9)17/h2-8,19H,1H3/b18-8+. The van der Waals surface area contributed by atoms with Crippen molar-refractivity contribution in [2.75, 3.05) is 7.11 Å². The van der Waals surface area contributed by atoms with Gasteiger partial charge in [0.05, 0.1) is 23.4 Å². The summed E-state index contributed by atoms with van der Waals surface area (Å²) >= 11 is 17.7. The third-order valence-electron chi connectivity index (χ3n) is 2.77. The number of nitrogens with zero attached hydrogens (tertiary/aromatic N) is 1. The number of hydrazone groups is 1. The van der Waals surface area contributed by atoms with Gasteiger partial charge in [0.2, 0.25) is 0 Å². The minimum absolute atomic E-state index is 0.123. The van der Waals surface area contributed by atoms with E-state index in [1.54, 1.807) is 18.2 Å². The molecule has 2 aromatic carbocycles. The van der Waals surface area contributed by atoms with Crippen LogP contribution in [-0.2, 0) is 10.0 Å². The highest BCUT2D eigenvalue weighted by Crippen LogP contribution is 2.27. The Morgan fingerprint density at radius 3 is 2.61 bits per heavy atom. The van der Waals surface area contributed by atoms with Gasteiger partial charge in [-0.05, 0) is 24.3 Å². The van der Waals surface area contributed by atoms with Crippen LogP contribution in [0.15, 0.2) is 46.4 Å². The summed E-state index contributed by atoms with van der Waals surface area (Å²) in [6, 6.07) is 9.17. The molecule has 0 unspecified atom stereocenters. The molecule has 0 heterocycles. The van der Waals surface area contributed by atoms with Gasteiger partial charge in [-0.2, -0.15) is 18.4 Å². The quantitative estimate of drug-likeness (QED) is 0.617. The molecule has 2 rings (SSSR count). The average molecular weight is 394 g/mol. The molecular formula is C14H11Cl3N2O3S. The summed E-state index contributed by atoms with van der Waals surface area (Å²) in [5.41, 5.74) is 0.472. The second kappa shape index (κ2) is 7.40. The predicted octanol–water partition coefficient (Wildman–Crippen LogP) is 3.97. The zero-order chi connectivity index (χ0) is 17.0. The van der Waals surface area contributed by atoms with E-state index in [0.717, 1.165) is 0 Å². The van der Waals surface area contributed by atoms with Crippen LogP contribution in [-0.4, -0.2) is 21.7 Å². The molecule has 0 fully saturated rings. The summed E-state index contributed by atoms with van der Waals surface area (Å²) in [5, 5.41) is 4.57. The fourth-order valence-electron chi connectivity index (χ4n) is 1.70. The monoisotopic (exact) mass is 392 g/mol. The van der Waals surface area contributed by atoms with E-state index < -0.39 is 10.0 Å². The molecule has 1 N–H and O–H groups in total. The lowest BCUT2D eigenvalue weighted by Gasteiger charge is -2.09. The Balaban J connectivity index is 2.27. The Hall–Kier alpha value is -1.47. The first kappa shape index (κ1) is 17.9. The summed E-state index contributed by atoms with van der Waals surface area (Å²) in [6.45, 7) is 0. The molecule has 0 aromatic heterocycles. The fraction of sp³-hybridized carbons (Fsp3) is 0.0714. The molecule has 0 aliphatic carbocycles. The number of hydrogen-bond acceptors (Lipinski definition) is 4. The van der Waals surface area contributed by atoms with Crippen LogP contribution in [0.5, 0.6) is 5.75 Å². The molecule has 9 heteroatoms. The summed E-state index contributed by atoms with van der Waals surface area (Å²) in [7, 11) is -2.59. The second-order valence-corrected chi connectivity index (χ2v) is 7.14. The number of nitrogens with one attached hydrogen (secondary N) is 1. The first-order valence-corrected chi connectivity index (χ1v) is 8.79. The molecule has 0 aliphatic rings. The van der Waals surface area contributed by atoms with Gasteiger partial charge in [0.1, 0.15) is 10.6 Å². The number of rotatable bonds is 5. The van der Waals surface area contributed by atoms with Crippen molar-refractivity contribution in [1.29, 1.82) is 0 Å². The Labute approximate surface area is 148 Å². The molecule has 5 nitrogen and oxygen atoms in total. The van der Waals surface area contributed by atoms with Crippen LogP contribution in [0.2, 0.25) is 15.1 Å². The Morgan fingerprint density at radius 1 is 1.17 bits per heavy atom. The van der Waals surface area contributed by atoms with Crippen molar-refractivity contribution < 1.29 is 13.2 Å². The van der Waals surface area contributed by atoms with Crippen LogP contribution >= 0.6 is 34.8 Å². The lowest BCUT2D eigenvalue weighted by Crippen LogP contribution is -2.19. The maximum Gasteiger partial charge on any atom is 0.280 e. The summed E-state index contributed by atoms with van der Waals surface area (Å²) < 4.78 is 29.6. The normalized spacial score (nSPS) is 11.7. The molecular weight excluding hydrogens is 383 g/mol. The first-order valence-electron chi connectivity index (χ1n) is 6.17. The number of sulfonamides is 1. The molecule has 2 aromatic rings. The van der Waals surface area contributed by atoms with E-state index in [4.69, 9.17) is 39.5 Å². The zero-order valence-corrected chi connectivity index (χ0v) is 14.8. The van der Waals surface area contributed by atoms with Crippen molar-refractivity contribution in [3.05, 3.63) is 57.0 Å². The van der Waals surface area contributed by atoms with Crippen molar-refractivity contribution in [3.8, 4) is 5.75 Å². The van der Waals surface area contributed by atoms with Gasteiger partial charge in [0, 0.05) is 10.6 Å². The van der Waals surface area contributed by atoms with Gasteiger partial charge >= 0.3 is 0 Å². The largest absolute Gasteiger partial charge is 0.495 e. The third kappa shape index (κ3) is 4.29. The van der Waals surface area contributed by atoms with Gasteiger partial charge < -0.3 is 4.74 Å². The zero-order valence-electron chi connectivity index (χ0n) is 11.8. The van der Waals surface area contributed by atoms with Crippen LogP contribution in [0.4, 0.5) is 0 Å². The van der Waals surface area contributed by atoms with Crippen LogP contribution in [0.1, 0.15) is 5.56 Å². The van der Waals surface area contributed by atoms with Crippen molar-refractivity contribution in [1.82, 2.24) is 4.83 Å². The SMILES string of the molecule is COc1ccc(Cl)cc1S(=O)(=O)N/N=C/c1cccc(Cl)c1Cl. The molecule has 23 heavy (non-hydrogen) atoms. The van der Waals surface area contributed by atoms with Crippen LogP contribution in [0.25, 0.3) is 0 Å². The smallest absolute Gasteiger partial charge is 0.280 e. The molecule has 0 aliphatic heterocycles. The van der Waals surface area contributed by atoms with Crippen LogP contribution < -0.4 is 9.57 Å². The molecule has 0 radical (unpaired) electrons. The first-order chi connectivity index (χ1) is 10.8. The number of halogens is 3. The van der Waals surface area contributed by atoms with Crippen molar-refractivity contribution in [2.45, 2.75) is 4.90 Å². The summed E-state index contributed by atoms with van der Waals surface area (Å²) in [5.74, 6) is 0.151. The number of hydrogen-bond donors (Lipinski definition) is 1. The third-order valence-corrected chi connectivity index (χ3v) is 5.09. The lowest BCUT2D eigenvalue weighted by atomic mass is 10.2. The minimum atomic E-state index is -3.95.